The van der Waals surface area contributed by atoms with Gasteiger partial charge in [0.2, 0.25) is 5.91 Å². The topological polar surface area (TPSA) is 58.6 Å². The number of nitrogens with zero attached hydrogens (tertiary/aromatic N) is 1. The molecular formula is C15H30N2O3. The van der Waals surface area contributed by atoms with Gasteiger partial charge in [-0.3, -0.25) is 14.5 Å². The molecule has 0 aromatic rings. The van der Waals surface area contributed by atoms with Crippen LogP contribution in [-0.2, 0) is 14.3 Å². The predicted octanol–water partition coefficient (Wildman–Crippen LogP) is 1.81. The largest absolute Gasteiger partial charge is 0.459 e. The highest BCUT2D eigenvalue weighted by atomic mass is 16.6. The van der Waals surface area contributed by atoms with Crippen molar-refractivity contribution in [3.05, 3.63) is 0 Å². The molecule has 5 heteroatoms. The predicted molar refractivity (Wildman–Crippen MR) is 80.4 cm³/mol. The quantitative estimate of drug-likeness (QED) is 0.725. The summed E-state index contributed by atoms with van der Waals surface area (Å²) in [5, 5.41) is 2.61. The van der Waals surface area contributed by atoms with E-state index in [1.807, 2.05) is 0 Å². The lowest BCUT2D eigenvalue weighted by Crippen LogP contribution is -2.44. The van der Waals surface area contributed by atoms with Gasteiger partial charge in [-0.05, 0) is 40.5 Å². The number of carbonyl (C=O) groups excluding carboxylic acids is 2. The van der Waals surface area contributed by atoms with Crippen molar-refractivity contribution in [2.45, 2.75) is 60.1 Å². The summed E-state index contributed by atoms with van der Waals surface area (Å²) < 4.78 is 5.14. The van der Waals surface area contributed by atoms with E-state index in [1.54, 1.807) is 20.8 Å². The molecule has 5 nitrogen and oxygen atoms in total. The zero-order valence-corrected chi connectivity index (χ0v) is 13.9. The maximum absolute atomic E-state index is 11.8. The summed E-state index contributed by atoms with van der Waals surface area (Å²) in [5.74, 6) is -0.0629. The summed E-state index contributed by atoms with van der Waals surface area (Å²) in [6.07, 6.45) is 0. The Bertz CT molecular complexity index is 320. The second-order valence-electron chi connectivity index (χ2n) is 6.78. The minimum absolute atomic E-state index is 0.0796. The molecule has 0 spiro atoms. The van der Waals surface area contributed by atoms with Gasteiger partial charge in [0.05, 0.1) is 6.54 Å². The van der Waals surface area contributed by atoms with Crippen LogP contribution < -0.4 is 5.32 Å². The lowest BCUT2D eigenvalue weighted by atomic mass is 10.2. The maximum atomic E-state index is 11.8. The van der Waals surface area contributed by atoms with E-state index >= 15 is 0 Å². The van der Waals surface area contributed by atoms with Gasteiger partial charge < -0.3 is 10.1 Å². The van der Waals surface area contributed by atoms with E-state index in [0.717, 1.165) is 6.54 Å². The molecule has 20 heavy (non-hydrogen) atoms. The smallest absolute Gasteiger partial charge is 0.325 e. The van der Waals surface area contributed by atoms with Crippen molar-refractivity contribution in [3.8, 4) is 0 Å². The van der Waals surface area contributed by atoms with E-state index in [0.29, 0.717) is 18.5 Å². The zero-order valence-electron chi connectivity index (χ0n) is 13.9. The number of amides is 1. The molecule has 0 radical (unpaired) electrons. The van der Waals surface area contributed by atoms with Gasteiger partial charge >= 0.3 is 5.97 Å². The fraction of sp³-hybridized carbons (Fsp3) is 0.867. The van der Waals surface area contributed by atoms with Crippen LogP contribution in [-0.4, -0.2) is 48.1 Å². The molecule has 0 fully saturated rings. The van der Waals surface area contributed by atoms with Crippen molar-refractivity contribution in [1.82, 2.24) is 10.2 Å². The molecular weight excluding hydrogens is 256 g/mol. The van der Waals surface area contributed by atoms with Gasteiger partial charge in [0.1, 0.15) is 12.1 Å². The standard InChI is InChI=1S/C15H30N2O3/c1-11(2)9-17(12(3)4)10-13(18)16-8-14(19)20-15(5,6)7/h11-12H,8-10H2,1-7H3,(H,16,18). The monoisotopic (exact) mass is 286 g/mol. The summed E-state index contributed by atoms with van der Waals surface area (Å²) in [4.78, 5) is 25.5. The Kier molecular flexibility index (Phi) is 7.79. The summed E-state index contributed by atoms with van der Waals surface area (Å²) in [5.41, 5.74) is -0.524. The number of esters is 1. The van der Waals surface area contributed by atoms with Gasteiger partial charge in [-0.15, -0.1) is 0 Å². The lowest BCUT2D eigenvalue weighted by molar-refractivity contribution is -0.154. The number of ether oxygens (including phenoxy) is 1. The highest BCUT2D eigenvalue weighted by molar-refractivity contribution is 5.83. The Morgan fingerprint density at radius 1 is 1.15 bits per heavy atom. The molecule has 0 aliphatic carbocycles. The van der Waals surface area contributed by atoms with Crippen molar-refractivity contribution in [3.63, 3.8) is 0 Å². The van der Waals surface area contributed by atoms with E-state index in [-0.39, 0.29) is 12.5 Å². The third kappa shape index (κ3) is 9.78. The number of hydrogen-bond donors (Lipinski definition) is 1. The second-order valence-corrected chi connectivity index (χ2v) is 6.78. The van der Waals surface area contributed by atoms with Gasteiger partial charge in [0, 0.05) is 12.6 Å². The normalized spacial score (nSPS) is 12.1. The fourth-order valence-corrected chi connectivity index (χ4v) is 1.72. The highest BCUT2D eigenvalue weighted by Crippen LogP contribution is 2.06. The second kappa shape index (κ2) is 8.25. The summed E-state index contributed by atoms with van der Waals surface area (Å²) in [7, 11) is 0. The molecule has 0 aliphatic heterocycles. The number of rotatable bonds is 7. The molecule has 0 aliphatic rings. The zero-order chi connectivity index (χ0) is 15.9. The van der Waals surface area contributed by atoms with Crippen LogP contribution in [0.3, 0.4) is 0 Å². The van der Waals surface area contributed by atoms with Crippen molar-refractivity contribution in [2.75, 3.05) is 19.6 Å². The van der Waals surface area contributed by atoms with Crippen LogP contribution in [0.1, 0.15) is 48.5 Å². The van der Waals surface area contributed by atoms with E-state index in [9.17, 15) is 9.59 Å². The average molecular weight is 286 g/mol. The van der Waals surface area contributed by atoms with E-state index in [2.05, 4.69) is 37.9 Å². The lowest BCUT2D eigenvalue weighted by Gasteiger charge is -2.27. The van der Waals surface area contributed by atoms with Crippen molar-refractivity contribution in [1.29, 1.82) is 0 Å². The van der Waals surface area contributed by atoms with Crippen LogP contribution in [0.25, 0.3) is 0 Å². The molecule has 0 rings (SSSR count). The van der Waals surface area contributed by atoms with Crippen LogP contribution in [0.15, 0.2) is 0 Å². The Hall–Kier alpha value is -1.10. The van der Waals surface area contributed by atoms with Crippen LogP contribution in [0.4, 0.5) is 0 Å². The number of nitrogens with one attached hydrogen (secondary N) is 1. The molecule has 1 N–H and O–H groups in total. The van der Waals surface area contributed by atoms with Gasteiger partial charge in [-0.1, -0.05) is 13.8 Å². The Balaban J connectivity index is 4.17. The van der Waals surface area contributed by atoms with Crippen molar-refractivity contribution in [2.24, 2.45) is 5.92 Å². The molecule has 0 bridgehead atoms. The SMILES string of the molecule is CC(C)CN(CC(=O)NCC(=O)OC(C)(C)C)C(C)C. The first-order chi connectivity index (χ1) is 9.01. The fourth-order valence-electron chi connectivity index (χ4n) is 1.72. The first-order valence-corrected chi connectivity index (χ1v) is 7.24. The Morgan fingerprint density at radius 2 is 1.70 bits per heavy atom. The van der Waals surface area contributed by atoms with Crippen molar-refractivity contribution < 1.29 is 14.3 Å². The minimum Gasteiger partial charge on any atom is -0.459 e. The molecule has 0 atom stereocenters. The summed E-state index contributed by atoms with van der Waals surface area (Å²) in [6, 6.07) is 0.296. The first-order valence-electron chi connectivity index (χ1n) is 7.24. The Morgan fingerprint density at radius 3 is 2.10 bits per heavy atom. The van der Waals surface area contributed by atoms with Gasteiger partial charge in [-0.25, -0.2) is 0 Å². The van der Waals surface area contributed by atoms with Crippen LogP contribution in [0, 0.1) is 5.92 Å². The van der Waals surface area contributed by atoms with Gasteiger partial charge in [0.15, 0.2) is 0 Å². The molecule has 0 aromatic heterocycles. The van der Waals surface area contributed by atoms with Crippen LogP contribution in [0.2, 0.25) is 0 Å². The minimum atomic E-state index is -0.524. The molecule has 1 amide bonds. The molecule has 0 aromatic carbocycles. The van der Waals surface area contributed by atoms with Crippen molar-refractivity contribution >= 4 is 11.9 Å². The highest BCUT2D eigenvalue weighted by Gasteiger charge is 2.18. The molecule has 0 heterocycles. The molecule has 0 unspecified atom stereocenters. The van der Waals surface area contributed by atoms with E-state index in [1.165, 1.54) is 0 Å². The molecule has 0 saturated carbocycles. The molecule has 118 valence electrons. The van der Waals surface area contributed by atoms with Gasteiger partial charge in [0.25, 0.3) is 0 Å². The van der Waals surface area contributed by atoms with E-state index in [4.69, 9.17) is 4.74 Å². The summed E-state index contributed by atoms with van der Waals surface area (Å²) in [6.45, 7) is 14.8. The molecule has 0 saturated heterocycles. The van der Waals surface area contributed by atoms with Crippen LogP contribution in [0.5, 0.6) is 0 Å². The first kappa shape index (κ1) is 18.9. The van der Waals surface area contributed by atoms with Crippen LogP contribution >= 0.6 is 0 Å². The van der Waals surface area contributed by atoms with E-state index < -0.39 is 11.6 Å². The Labute approximate surface area is 123 Å². The maximum Gasteiger partial charge on any atom is 0.325 e. The number of carbonyl (C=O) groups is 2. The third-order valence-corrected chi connectivity index (χ3v) is 2.53. The summed E-state index contributed by atoms with van der Waals surface area (Å²) >= 11 is 0. The number of hydrogen-bond acceptors (Lipinski definition) is 4. The average Bonchev–Trinajstić information content (AvgIpc) is 2.22. The third-order valence-electron chi connectivity index (χ3n) is 2.53. The van der Waals surface area contributed by atoms with Gasteiger partial charge in [-0.2, -0.15) is 0 Å².